The number of hydrogen-bond acceptors (Lipinski definition) is 10. The summed E-state index contributed by atoms with van der Waals surface area (Å²) in [4.78, 5) is 39.5. The molecule has 12 nitrogen and oxygen atoms in total. The topological polar surface area (TPSA) is 132 Å². The number of carbonyl (C=O) groups is 2. The summed E-state index contributed by atoms with van der Waals surface area (Å²) in [7, 11) is 0.0502. The van der Waals surface area contributed by atoms with Crippen molar-refractivity contribution in [1.29, 1.82) is 0 Å². The summed E-state index contributed by atoms with van der Waals surface area (Å²) in [5.74, 6) is -0.320. The lowest BCUT2D eigenvalue weighted by atomic mass is 9.86. The van der Waals surface area contributed by atoms with E-state index in [0.29, 0.717) is 42.3 Å². The number of carbonyl (C=O) groups excluding carboxylic acids is 2. The fraction of sp³-hybridized carbons (Fsp3) is 0.559. The highest BCUT2D eigenvalue weighted by atomic mass is 35.5. The number of aliphatic hydroxyl groups is 1. The number of ether oxygens (including phenoxy) is 3. The highest BCUT2D eigenvalue weighted by molar-refractivity contribution is 6.76. The van der Waals surface area contributed by atoms with Crippen LogP contribution in [0.25, 0.3) is 11.3 Å². The number of rotatable bonds is 9. The van der Waals surface area contributed by atoms with Crippen molar-refractivity contribution in [2.75, 3.05) is 31.7 Å². The Morgan fingerprint density at radius 1 is 1.08 bits per heavy atom. The summed E-state index contributed by atoms with van der Waals surface area (Å²) in [6.45, 7) is 14.2. The summed E-state index contributed by atoms with van der Waals surface area (Å²) >= 11 is 6.57. The van der Waals surface area contributed by atoms with Gasteiger partial charge in [-0.05, 0) is 56.8 Å². The summed E-state index contributed by atoms with van der Waals surface area (Å²) < 4.78 is 18.6. The zero-order valence-electron chi connectivity index (χ0n) is 28.7. The molecule has 4 heterocycles. The van der Waals surface area contributed by atoms with Gasteiger partial charge in [-0.25, -0.2) is 19.3 Å². The van der Waals surface area contributed by atoms with Crippen LogP contribution in [0.2, 0.25) is 31.0 Å². The van der Waals surface area contributed by atoms with E-state index in [1.54, 1.807) is 10.9 Å². The maximum atomic E-state index is 13.5. The summed E-state index contributed by atoms with van der Waals surface area (Å²) in [5, 5.41) is 17.3. The Morgan fingerprint density at radius 3 is 2.42 bits per heavy atom. The van der Waals surface area contributed by atoms with Crippen LogP contribution in [0, 0.1) is 0 Å². The van der Waals surface area contributed by atoms with E-state index in [4.69, 9.17) is 30.9 Å². The number of methoxy groups -OCH3 is 1. The van der Waals surface area contributed by atoms with Gasteiger partial charge < -0.3 is 24.2 Å². The number of piperazine rings is 1. The van der Waals surface area contributed by atoms with Crippen molar-refractivity contribution in [3.05, 3.63) is 58.1 Å². The van der Waals surface area contributed by atoms with Crippen molar-refractivity contribution in [2.24, 2.45) is 0 Å². The molecule has 0 radical (unpaired) electrons. The van der Waals surface area contributed by atoms with Crippen molar-refractivity contribution in [3.8, 4) is 11.3 Å². The number of aromatic nitrogens is 4. The van der Waals surface area contributed by atoms with Crippen LogP contribution in [0.4, 0.5) is 10.6 Å². The molecule has 1 aromatic carbocycles. The van der Waals surface area contributed by atoms with Crippen LogP contribution in [0.5, 0.6) is 0 Å². The van der Waals surface area contributed by atoms with E-state index in [-0.39, 0.29) is 47.9 Å². The van der Waals surface area contributed by atoms with Crippen LogP contribution < -0.4 is 4.90 Å². The number of fused-ring (bicyclic) bond motifs is 5. The van der Waals surface area contributed by atoms with Crippen molar-refractivity contribution in [1.82, 2.24) is 24.6 Å². The lowest BCUT2D eigenvalue weighted by Gasteiger charge is -2.42. The summed E-state index contributed by atoms with van der Waals surface area (Å²) in [6.07, 6.45) is 2.97. The first kappa shape index (κ1) is 34.3. The van der Waals surface area contributed by atoms with Gasteiger partial charge in [0.15, 0.2) is 0 Å². The minimum atomic E-state index is -1.57. The Bertz CT molecular complexity index is 1710. The molecular formula is C34H45ClN6O6Si. The average molecular weight is 697 g/mol. The predicted octanol–water partition coefficient (Wildman–Crippen LogP) is 5.47. The predicted molar refractivity (Wildman–Crippen MR) is 184 cm³/mol. The third-order valence-electron chi connectivity index (χ3n) is 9.19. The molecular weight excluding hydrogens is 652 g/mol. The van der Waals surface area contributed by atoms with Gasteiger partial charge in [-0.3, -0.25) is 4.90 Å². The van der Waals surface area contributed by atoms with Crippen LogP contribution >= 0.6 is 11.6 Å². The molecule has 3 atom stereocenters. The molecule has 1 N–H and O–H groups in total. The zero-order valence-corrected chi connectivity index (χ0v) is 30.5. The largest absolute Gasteiger partial charge is 0.465 e. The molecule has 2 fully saturated rings. The minimum absolute atomic E-state index is 0.0591. The Labute approximate surface area is 287 Å². The van der Waals surface area contributed by atoms with Crippen LogP contribution in [0.15, 0.2) is 30.5 Å². The SMILES string of the molecule is COC(=O)c1c(CC2(O)c3ccccc3-c3nn(COCC[Si](C)(C)C)cc32)nc(Cl)nc1N1C[C@H]2CC[C@@H](C1)N2C(=O)OC(C)(C)C. The van der Waals surface area contributed by atoms with E-state index in [2.05, 4.69) is 29.6 Å². The molecule has 258 valence electrons. The molecule has 2 saturated heterocycles. The van der Waals surface area contributed by atoms with E-state index in [1.165, 1.54) is 7.11 Å². The van der Waals surface area contributed by atoms with Crippen LogP contribution in [-0.2, 0) is 33.0 Å². The Kier molecular flexibility index (Phi) is 9.11. The quantitative estimate of drug-likeness (QED) is 0.133. The first-order valence-corrected chi connectivity index (χ1v) is 20.6. The van der Waals surface area contributed by atoms with Gasteiger partial charge in [0.1, 0.15) is 29.3 Å². The second-order valence-corrected chi connectivity index (χ2v) is 21.1. The fourth-order valence-corrected chi connectivity index (χ4v) is 7.91. The molecule has 48 heavy (non-hydrogen) atoms. The maximum absolute atomic E-state index is 13.5. The second kappa shape index (κ2) is 12.7. The van der Waals surface area contributed by atoms with E-state index >= 15 is 0 Å². The number of amides is 1. The van der Waals surface area contributed by atoms with Gasteiger partial charge in [0.05, 0.1) is 30.6 Å². The lowest BCUT2D eigenvalue weighted by Crippen LogP contribution is -2.57. The molecule has 0 spiro atoms. The molecule has 1 aliphatic carbocycles. The molecule has 1 amide bonds. The Hall–Kier alpha value is -3.52. The standard InChI is InChI=1S/C34H45ClN6O6Si/c1-33(2,3)47-32(43)41-21-12-13-22(41)18-39(17-21)29-27(30(42)45-4)26(36-31(35)37-29)16-34(44)24-11-9-8-10-23(24)28-25(34)19-40(38-28)20-46-14-15-48(5,6)7/h8-11,19,21-22,44H,12-18,20H2,1-7H3/t21-,22+,34?. The number of halogens is 1. The molecule has 0 saturated carbocycles. The van der Waals surface area contributed by atoms with Crippen molar-refractivity contribution >= 4 is 37.6 Å². The van der Waals surface area contributed by atoms with Crippen molar-refractivity contribution in [2.45, 2.75) is 95.7 Å². The zero-order chi connectivity index (χ0) is 34.6. The number of anilines is 1. The molecule has 6 rings (SSSR count). The average Bonchev–Trinajstić information content (AvgIpc) is 3.62. The van der Waals surface area contributed by atoms with Crippen LogP contribution in [0.3, 0.4) is 0 Å². The fourth-order valence-electron chi connectivity index (χ4n) is 6.97. The Morgan fingerprint density at radius 2 is 1.77 bits per heavy atom. The summed E-state index contributed by atoms with van der Waals surface area (Å²) in [6, 6.07) is 8.33. The third kappa shape index (κ3) is 6.69. The molecule has 3 aromatic rings. The van der Waals surface area contributed by atoms with Crippen LogP contribution in [-0.4, -0.2) is 94.4 Å². The number of benzene rings is 1. The van der Waals surface area contributed by atoms with Gasteiger partial charge in [-0.15, -0.1) is 0 Å². The number of hydrogen-bond donors (Lipinski definition) is 1. The molecule has 1 unspecified atom stereocenters. The van der Waals surface area contributed by atoms with Gasteiger partial charge in [0, 0.05) is 51.5 Å². The van der Waals surface area contributed by atoms with E-state index in [9.17, 15) is 14.7 Å². The van der Waals surface area contributed by atoms with E-state index < -0.39 is 25.2 Å². The van der Waals surface area contributed by atoms with Crippen LogP contribution in [0.1, 0.15) is 60.8 Å². The van der Waals surface area contributed by atoms with Gasteiger partial charge in [0.2, 0.25) is 5.28 Å². The molecule has 14 heteroatoms. The monoisotopic (exact) mass is 696 g/mol. The third-order valence-corrected chi connectivity index (χ3v) is 11.1. The second-order valence-electron chi connectivity index (χ2n) is 15.2. The minimum Gasteiger partial charge on any atom is -0.465 e. The first-order valence-electron chi connectivity index (χ1n) is 16.5. The Balaban J connectivity index is 1.33. The van der Waals surface area contributed by atoms with E-state index in [0.717, 1.165) is 24.4 Å². The van der Waals surface area contributed by atoms with E-state index in [1.807, 2.05) is 54.8 Å². The van der Waals surface area contributed by atoms with Gasteiger partial charge in [0.25, 0.3) is 0 Å². The molecule has 3 aliphatic rings. The van der Waals surface area contributed by atoms with Gasteiger partial charge in [-0.2, -0.15) is 10.1 Å². The van der Waals surface area contributed by atoms with Crippen molar-refractivity contribution < 1.29 is 28.9 Å². The molecule has 2 bridgehead atoms. The lowest BCUT2D eigenvalue weighted by molar-refractivity contribution is 0.0121. The highest BCUT2D eigenvalue weighted by Gasteiger charge is 2.48. The van der Waals surface area contributed by atoms with Crippen molar-refractivity contribution in [3.63, 3.8) is 0 Å². The molecule has 2 aliphatic heterocycles. The maximum Gasteiger partial charge on any atom is 0.410 e. The smallest absolute Gasteiger partial charge is 0.410 e. The number of nitrogens with zero attached hydrogens (tertiary/aromatic N) is 6. The van der Waals surface area contributed by atoms with Gasteiger partial charge in [-0.1, -0.05) is 43.9 Å². The molecule has 2 aromatic heterocycles. The first-order chi connectivity index (χ1) is 22.6. The summed E-state index contributed by atoms with van der Waals surface area (Å²) in [5.41, 5.74) is 0.893. The number of esters is 1. The van der Waals surface area contributed by atoms with Gasteiger partial charge >= 0.3 is 12.1 Å². The normalized spacial score (nSPS) is 21.7. The highest BCUT2D eigenvalue weighted by Crippen LogP contribution is 2.49.